The Balaban J connectivity index is 3.37. The maximum absolute atomic E-state index is 5.11. The van der Waals surface area contributed by atoms with Crippen LogP contribution >= 0.6 is 11.8 Å². The largest absolute Gasteiger partial charge is 0.383 e. The highest BCUT2D eigenvalue weighted by molar-refractivity contribution is 7.99. The molecule has 3 heteroatoms. The predicted octanol–water partition coefficient (Wildman–Crippen LogP) is 2.14. The Hall–Kier alpha value is 0.270. The number of nitrogens with one attached hydrogen (secondary N) is 1. The fraction of sp³-hybridized carbons (Fsp3) is 1.00. The van der Waals surface area contributed by atoms with Gasteiger partial charge in [0, 0.05) is 18.4 Å². The van der Waals surface area contributed by atoms with Crippen molar-refractivity contribution >= 4 is 11.8 Å². The number of hydrogen-bond donors (Lipinski definition) is 1. The third kappa shape index (κ3) is 7.35. The summed E-state index contributed by atoms with van der Waals surface area (Å²) in [7, 11) is 1.76. The summed E-state index contributed by atoms with van der Waals surface area (Å²) in [6.45, 7) is 6.38. The second-order valence-electron chi connectivity index (χ2n) is 3.35. The van der Waals surface area contributed by atoms with Crippen LogP contribution in [0.1, 0.15) is 26.7 Å². The Morgan fingerprint density at radius 3 is 2.62 bits per heavy atom. The van der Waals surface area contributed by atoms with Crippen molar-refractivity contribution in [1.29, 1.82) is 0 Å². The highest BCUT2D eigenvalue weighted by Crippen LogP contribution is 2.08. The average molecular weight is 205 g/mol. The molecule has 1 N–H and O–H groups in total. The van der Waals surface area contributed by atoms with E-state index in [1.54, 1.807) is 7.11 Å². The summed E-state index contributed by atoms with van der Waals surface area (Å²) in [6, 6.07) is 0.527. The molecule has 0 rings (SSSR count). The molecule has 0 aliphatic heterocycles. The average Bonchev–Trinajstić information content (AvgIpc) is 2.16. The molecule has 0 heterocycles. The van der Waals surface area contributed by atoms with E-state index in [2.05, 4.69) is 25.4 Å². The fourth-order valence-corrected chi connectivity index (χ4v) is 1.48. The lowest BCUT2D eigenvalue weighted by Gasteiger charge is -2.17. The zero-order valence-corrected chi connectivity index (χ0v) is 10.1. The van der Waals surface area contributed by atoms with Crippen LogP contribution < -0.4 is 5.32 Å². The molecule has 0 fully saturated rings. The van der Waals surface area contributed by atoms with E-state index in [1.165, 1.54) is 6.42 Å². The summed E-state index contributed by atoms with van der Waals surface area (Å²) in [6.07, 6.45) is 4.54. The maximum atomic E-state index is 5.11. The van der Waals surface area contributed by atoms with Gasteiger partial charge < -0.3 is 10.1 Å². The van der Waals surface area contributed by atoms with Gasteiger partial charge in [0.05, 0.1) is 6.61 Å². The molecule has 80 valence electrons. The van der Waals surface area contributed by atoms with E-state index in [9.17, 15) is 0 Å². The van der Waals surface area contributed by atoms with Crippen LogP contribution in [0.5, 0.6) is 0 Å². The zero-order valence-electron chi connectivity index (χ0n) is 9.30. The molecule has 0 aliphatic carbocycles. The Kier molecular flexibility index (Phi) is 9.03. The zero-order chi connectivity index (χ0) is 10.1. The van der Waals surface area contributed by atoms with Gasteiger partial charge in [-0.15, -0.1) is 0 Å². The molecule has 0 spiro atoms. The Morgan fingerprint density at radius 1 is 1.46 bits per heavy atom. The van der Waals surface area contributed by atoms with Gasteiger partial charge in [-0.1, -0.05) is 13.8 Å². The minimum absolute atomic E-state index is 0.527. The van der Waals surface area contributed by atoms with Crippen molar-refractivity contribution in [3.05, 3.63) is 0 Å². The van der Waals surface area contributed by atoms with E-state index in [0.29, 0.717) is 6.04 Å². The van der Waals surface area contributed by atoms with Crippen LogP contribution in [0.25, 0.3) is 0 Å². The molecule has 0 saturated carbocycles. The van der Waals surface area contributed by atoms with Gasteiger partial charge in [0.2, 0.25) is 0 Å². The Bertz CT molecular complexity index is 111. The second kappa shape index (κ2) is 8.85. The van der Waals surface area contributed by atoms with E-state index in [1.807, 2.05) is 11.8 Å². The fourth-order valence-electron chi connectivity index (χ4n) is 1.13. The number of thioether (sulfide) groups is 1. The van der Waals surface area contributed by atoms with Crippen molar-refractivity contribution in [1.82, 2.24) is 5.32 Å². The van der Waals surface area contributed by atoms with Gasteiger partial charge in [0.15, 0.2) is 0 Å². The molecule has 0 aromatic heterocycles. The summed E-state index contributed by atoms with van der Waals surface area (Å²) in [5.41, 5.74) is 0. The summed E-state index contributed by atoms with van der Waals surface area (Å²) < 4.78 is 5.11. The van der Waals surface area contributed by atoms with E-state index < -0.39 is 0 Å². The van der Waals surface area contributed by atoms with Crippen molar-refractivity contribution < 1.29 is 4.74 Å². The van der Waals surface area contributed by atoms with Crippen LogP contribution in [0.4, 0.5) is 0 Å². The van der Waals surface area contributed by atoms with E-state index in [4.69, 9.17) is 4.74 Å². The molecular formula is C10H23NOS. The molecular weight excluding hydrogens is 182 g/mol. The van der Waals surface area contributed by atoms with Crippen molar-refractivity contribution in [2.45, 2.75) is 38.0 Å². The quantitative estimate of drug-likeness (QED) is 0.656. The van der Waals surface area contributed by atoms with Gasteiger partial charge in [0.1, 0.15) is 0 Å². The van der Waals surface area contributed by atoms with Crippen LogP contribution in [0.2, 0.25) is 0 Å². The first kappa shape index (κ1) is 13.3. The predicted molar refractivity (Wildman–Crippen MR) is 61.6 cm³/mol. The third-order valence-electron chi connectivity index (χ3n) is 2.25. The molecule has 0 amide bonds. The number of methoxy groups -OCH3 is 1. The Labute approximate surface area is 86.8 Å². The van der Waals surface area contributed by atoms with Crippen LogP contribution in [0, 0.1) is 0 Å². The van der Waals surface area contributed by atoms with Crippen LogP contribution in [-0.4, -0.2) is 37.8 Å². The van der Waals surface area contributed by atoms with E-state index in [-0.39, 0.29) is 0 Å². The monoisotopic (exact) mass is 205 g/mol. The minimum Gasteiger partial charge on any atom is -0.383 e. The number of ether oxygens (including phenoxy) is 1. The van der Waals surface area contributed by atoms with Gasteiger partial charge in [-0.2, -0.15) is 11.8 Å². The van der Waals surface area contributed by atoms with Gasteiger partial charge in [-0.25, -0.2) is 0 Å². The summed E-state index contributed by atoms with van der Waals surface area (Å²) >= 11 is 1.93. The van der Waals surface area contributed by atoms with Crippen LogP contribution in [0.3, 0.4) is 0 Å². The molecule has 13 heavy (non-hydrogen) atoms. The molecule has 0 aromatic carbocycles. The van der Waals surface area contributed by atoms with Crippen molar-refractivity contribution in [3.63, 3.8) is 0 Å². The normalized spacial score (nSPS) is 15.7. The van der Waals surface area contributed by atoms with Crippen molar-refractivity contribution in [2.24, 2.45) is 0 Å². The highest BCUT2D eigenvalue weighted by atomic mass is 32.2. The summed E-state index contributed by atoms with van der Waals surface area (Å²) in [5.74, 6) is 0. The summed E-state index contributed by atoms with van der Waals surface area (Å²) in [4.78, 5) is 0. The van der Waals surface area contributed by atoms with Crippen LogP contribution in [-0.2, 0) is 4.74 Å². The third-order valence-corrected chi connectivity index (χ3v) is 3.29. The topological polar surface area (TPSA) is 21.3 Å². The first-order chi connectivity index (χ1) is 6.24. The molecule has 0 aromatic rings. The lowest BCUT2D eigenvalue weighted by molar-refractivity contribution is 0.164. The first-order valence-electron chi connectivity index (χ1n) is 4.99. The molecule has 0 radical (unpaired) electrons. The standard InChI is InChI=1S/C10H23NOS/c1-5-10(8-12-3)11-7-6-9(2)13-4/h9-11H,5-8H2,1-4H3. The smallest absolute Gasteiger partial charge is 0.0615 e. The highest BCUT2D eigenvalue weighted by Gasteiger charge is 2.05. The molecule has 2 nitrogen and oxygen atoms in total. The number of rotatable bonds is 8. The minimum atomic E-state index is 0.527. The number of hydrogen-bond acceptors (Lipinski definition) is 3. The Morgan fingerprint density at radius 2 is 2.15 bits per heavy atom. The molecule has 0 aliphatic rings. The molecule has 2 unspecified atom stereocenters. The van der Waals surface area contributed by atoms with Gasteiger partial charge >= 0.3 is 0 Å². The SMILES string of the molecule is CCC(COC)NCCC(C)SC. The molecule has 0 bridgehead atoms. The van der Waals surface area contributed by atoms with Gasteiger partial charge in [0.25, 0.3) is 0 Å². The van der Waals surface area contributed by atoms with E-state index in [0.717, 1.165) is 24.8 Å². The van der Waals surface area contributed by atoms with E-state index >= 15 is 0 Å². The lowest BCUT2D eigenvalue weighted by Crippen LogP contribution is -2.34. The maximum Gasteiger partial charge on any atom is 0.0615 e. The first-order valence-corrected chi connectivity index (χ1v) is 6.28. The van der Waals surface area contributed by atoms with Crippen LogP contribution in [0.15, 0.2) is 0 Å². The summed E-state index contributed by atoms with van der Waals surface area (Å²) in [5, 5.41) is 4.25. The lowest BCUT2D eigenvalue weighted by atomic mass is 10.2. The molecule has 2 atom stereocenters. The van der Waals surface area contributed by atoms with Crippen molar-refractivity contribution in [3.8, 4) is 0 Å². The molecule has 0 saturated heterocycles. The van der Waals surface area contributed by atoms with Gasteiger partial charge in [-0.05, 0) is 25.6 Å². The van der Waals surface area contributed by atoms with Crippen molar-refractivity contribution in [2.75, 3.05) is 26.5 Å². The van der Waals surface area contributed by atoms with Gasteiger partial charge in [-0.3, -0.25) is 0 Å². The second-order valence-corrected chi connectivity index (χ2v) is 4.63.